The first kappa shape index (κ1) is 20.9. The molecule has 1 aliphatic rings. The van der Waals surface area contributed by atoms with Crippen molar-refractivity contribution in [2.45, 2.75) is 45.8 Å². The molecule has 4 aromatic rings. The lowest BCUT2D eigenvalue weighted by Crippen LogP contribution is -2.42. The van der Waals surface area contributed by atoms with Gasteiger partial charge in [-0.15, -0.1) is 0 Å². The summed E-state index contributed by atoms with van der Waals surface area (Å²) in [5.41, 5.74) is 6.89. The maximum atomic E-state index is 6.11. The number of fused-ring (bicyclic) bond motifs is 2. The van der Waals surface area contributed by atoms with Gasteiger partial charge in [-0.05, 0) is 38.0 Å². The molecule has 1 atom stereocenters. The lowest BCUT2D eigenvalue weighted by atomic mass is 9.98. The van der Waals surface area contributed by atoms with Crippen molar-refractivity contribution in [1.82, 2.24) is 29.5 Å². The Kier molecular flexibility index (Phi) is 5.35. The van der Waals surface area contributed by atoms with Crippen LogP contribution in [0.1, 0.15) is 51.0 Å². The number of nitrogens with one attached hydrogen (secondary N) is 1. The lowest BCUT2D eigenvalue weighted by molar-refractivity contribution is -0.0420. The number of H-pyrrole nitrogens is 1. The van der Waals surface area contributed by atoms with Gasteiger partial charge in [-0.3, -0.25) is 4.90 Å². The van der Waals surface area contributed by atoms with Gasteiger partial charge in [-0.1, -0.05) is 13.8 Å². The SMILES string of the molecule is COc1cc(-c2[nH]c3ccc(C4CN(C(C)C)CCO4)nc3c2C(C)C)cn2ncnc12. The van der Waals surface area contributed by atoms with Gasteiger partial charge in [0.15, 0.2) is 11.4 Å². The molecule has 0 amide bonds. The van der Waals surface area contributed by atoms with Crippen molar-refractivity contribution in [1.29, 1.82) is 0 Å². The summed E-state index contributed by atoms with van der Waals surface area (Å²) < 4.78 is 13.4. The largest absolute Gasteiger partial charge is 0.493 e. The molecule has 0 bridgehead atoms. The summed E-state index contributed by atoms with van der Waals surface area (Å²) in [6.45, 7) is 11.4. The second kappa shape index (κ2) is 8.18. The Morgan fingerprint density at radius 3 is 2.81 bits per heavy atom. The van der Waals surface area contributed by atoms with Gasteiger partial charge >= 0.3 is 0 Å². The van der Waals surface area contributed by atoms with Crippen LogP contribution in [0.2, 0.25) is 0 Å². The standard InChI is InChI=1S/C24H30N6O2/c1-14(2)21-22(16-10-19(31-5)24-25-13-26-30(24)11-16)28-18-7-6-17(27-23(18)21)20-12-29(15(3)4)8-9-32-20/h6-7,10-11,13-15,20,28H,8-9,12H2,1-5H3. The van der Waals surface area contributed by atoms with Gasteiger partial charge in [0.2, 0.25) is 0 Å². The highest BCUT2D eigenvalue weighted by molar-refractivity contribution is 5.89. The second-order valence-electron chi connectivity index (χ2n) is 8.97. The van der Waals surface area contributed by atoms with E-state index in [-0.39, 0.29) is 12.0 Å². The molecule has 0 spiro atoms. The third-order valence-corrected chi connectivity index (χ3v) is 6.29. The quantitative estimate of drug-likeness (QED) is 0.507. The van der Waals surface area contributed by atoms with Crippen molar-refractivity contribution in [3.63, 3.8) is 0 Å². The number of morpholine rings is 1. The number of hydrogen-bond acceptors (Lipinski definition) is 6. The van der Waals surface area contributed by atoms with Gasteiger partial charge in [0.25, 0.3) is 0 Å². The molecular weight excluding hydrogens is 404 g/mol. The monoisotopic (exact) mass is 434 g/mol. The normalized spacial score (nSPS) is 17.8. The van der Waals surface area contributed by atoms with Crippen LogP contribution in [-0.2, 0) is 4.74 Å². The first-order chi connectivity index (χ1) is 15.5. The summed E-state index contributed by atoms with van der Waals surface area (Å²) >= 11 is 0. The lowest BCUT2D eigenvalue weighted by Gasteiger charge is -2.35. The number of aromatic nitrogens is 5. The number of rotatable bonds is 5. The van der Waals surface area contributed by atoms with E-state index in [0.29, 0.717) is 17.4 Å². The highest BCUT2D eigenvalue weighted by Gasteiger charge is 2.26. The van der Waals surface area contributed by atoms with Crippen LogP contribution < -0.4 is 4.74 Å². The van der Waals surface area contributed by atoms with E-state index >= 15 is 0 Å². The number of pyridine rings is 2. The molecule has 5 heterocycles. The van der Waals surface area contributed by atoms with Crippen LogP contribution in [0, 0.1) is 0 Å². The first-order valence-electron chi connectivity index (χ1n) is 11.2. The maximum Gasteiger partial charge on any atom is 0.197 e. The number of aromatic amines is 1. The summed E-state index contributed by atoms with van der Waals surface area (Å²) in [5, 5.41) is 4.31. The molecule has 8 nitrogen and oxygen atoms in total. The van der Waals surface area contributed by atoms with Gasteiger partial charge < -0.3 is 14.5 Å². The molecule has 32 heavy (non-hydrogen) atoms. The van der Waals surface area contributed by atoms with Crippen molar-refractivity contribution in [3.05, 3.63) is 42.0 Å². The third-order valence-electron chi connectivity index (χ3n) is 6.29. The molecule has 168 valence electrons. The minimum absolute atomic E-state index is 0.0134. The average Bonchev–Trinajstić information content (AvgIpc) is 3.42. The molecule has 0 aliphatic carbocycles. The topological polar surface area (TPSA) is 80.6 Å². The number of methoxy groups -OCH3 is 1. The predicted molar refractivity (Wildman–Crippen MR) is 124 cm³/mol. The summed E-state index contributed by atoms with van der Waals surface area (Å²) in [5.74, 6) is 0.963. The Morgan fingerprint density at radius 2 is 2.06 bits per heavy atom. The van der Waals surface area contributed by atoms with E-state index in [2.05, 4.69) is 59.8 Å². The summed E-state index contributed by atoms with van der Waals surface area (Å²) in [6.07, 6.45) is 3.50. The fraction of sp³-hybridized carbons (Fsp3) is 0.458. The van der Waals surface area contributed by atoms with E-state index < -0.39 is 0 Å². The molecule has 1 unspecified atom stereocenters. The minimum atomic E-state index is -0.0134. The van der Waals surface area contributed by atoms with E-state index in [1.807, 2.05) is 12.3 Å². The fourth-order valence-electron chi connectivity index (χ4n) is 4.57. The van der Waals surface area contributed by atoms with Gasteiger partial charge in [-0.25, -0.2) is 14.5 Å². The van der Waals surface area contributed by atoms with E-state index in [1.54, 1.807) is 11.6 Å². The van der Waals surface area contributed by atoms with Crippen LogP contribution in [0.3, 0.4) is 0 Å². The van der Waals surface area contributed by atoms with Crippen LogP contribution in [0.15, 0.2) is 30.7 Å². The van der Waals surface area contributed by atoms with Crippen molar-refractivity contribution in [2.75, 3.05) is 26.8 Å². The molecule has 0 saturated carbocycles. The Balaban J connectivity index is 1.62. The highest BCUT2D eigenvalue weighted by atomic mass is 16.5. The smallest absolute Gasteiger partial charge is 0.197 e. The van der Waals surface area contributed by atoms with Gasteiger partial charge in [-0.2, -0.15) is 5.10 Å². The molecule has 1 aliphatic heterocycles. The van der Waals surface area contributed by atoms with E-state index in [1.165, 1.54) is 11.9 Å². The van der Waals surface area contributed by atoms with Crippen molar-refractivity contribution in [3.8, 4) is 17.0 Å². The van der Waals surface area contributed by atoms with Gasteiger partial charge in [0, 0.05) is 36.5 Å². The summed E-state index contributed by atoms with van der Waals surface area (Å²) in [6, 6.07) is 6.71. The Hall–Kier alpha value is -2.97. The summed E-state index contributed by atoms with van der Waals surface area (Å²) in [7, 11) is 1.65. The fourth-order valence-corrected chi connectivity index (χ4v) is 4.57. The molecule has 1 saturated heterocycles. The number of ether oxygens (including phenoxy) is 2. The van der Waals surface area contributed by atoms with Crippen molar-refractivity contribution in [2.24, 2.45) is 0 Å². The van der Waals surface area contributed by atoms with E-state index in [0.717, 1.165) is 47.7 Å². The van der Waals surface area contributed by atoms with Crippen LogP contribution in [0.4, 0.5) is 0 Å². The van der Waals surface area contributed by atoms with Crippen LogP contribution in [0.5, 0.6) is 5.75 Å². The minimum Gasteiger partial charge on any atom is -0.493 e. The van der Waals surface area contributed by atoms with Crippen LogP contribution >= 0.6 is 0 Å². The molecular formula is C24H30N6O2. The zero-order valence-electron chi connectivity index (χ0n) is 19.3. The maximum absolute atomic E-state index is 6.11. The van der Waals surface area contributed by atoms with E-state index in [4.69, 9.17) is 14.5 Å². The zero-order chi connectivity index (χ0) is 22.4. The molecule has 4 aromatic heterocycles. The van der Waals surface area contributed by atoms with Crippen LogP contribution in [-0.4, -0.2) is 62.3 Å². The third kappa shape index (κ3) is 3.53. The molecule has 0 aromatic carbocycles. The first-order valence-corrected chi connectivity index (χ1v) is 11.2. The zero-order valence-corrected chi connectivity index (χ0v) is 19.3. The summed E-state index contributed by atoms with van der Waals surface area (Å²) in [4.78, 5) is 15.4. The molecule has 0 radical (unpaired) electrons. The number of nitrogens with zero attached hydrogens (tertiary/aromatic N) is 5. The highest BCUT2D eigenvalue weighted by Crippen LogP contribution is 2.37. The van der Waals surface area contributed by atoms with Crippen molar-refractivity contribution >= 4 is 16.7 Å². The Bertz CT molecular complexity index is 1260. The van der Waals surface area contributed by atoms with Gasteiger partial charge in [0.05, 0.1) is 36.1 Å². The Labute approximate surface area is 187 Å². The molecule has 8 heteroatoms. The number of hydrogen-bond donors (Lipinski definition) is 1. The second-order valence-corrected chi connectivity index (χ2v) is 8.97. The molecule has 1 fully saturated rings. The predicted octanol–water partition coefficient (Wildman–Crippen LogP) is 4.19. The molecule has 5 rings (SSSR count). The van der Waals surface area contributed by atoms with Crippen molar-refractivity contribution < 1.29 is 9.47 Å². The van der Waals surface area contributed by atoms with E-state index in [9.17, 15) is 0 Å². The molecule has 1 N–H and O–H groups in total. The van der Waals surface area contributed by atoms with Crippen LogP contribution in [0.25, 0.3) is 27.9 Å². The average molecular weight is 435 g/mol. The Morgan fingerprint density at radius 1 is 1.22 bits per heavy atom. The van der Waals surface area contributed by atoms with Gasteiger partial charge in [0.1, 0.15) is 12.4 Å².